The lowest BCUT2D eigenvalue weighted by atomic mass is 9.97. The van der Waals surface area contributed by atoms with Gasteiger partial charge in [-0.05, 0) is 13.3 Å². The van der Waals surface area contributed by atoms with Gasteiger partial charge in [-0.15, -0.1) is 0 Å². The molecule has 2 rings (SSSR count). The van der Waals surface area contributed by atoms with Crippen molar-refractivity contribution in [2.24, 2.45) is 0 Å². The van der Waals surface area contributed by atoms with E-state index in [-0.39, 0.29) is 12.2 Å². The first kappa shape index (κ1) is 8.01. The van der Waals surface area contributed by atoms with Gasteiger partial charge in [-0.3, -0.25) is 0 Å². The Morgan fingerprint density at radius 2 is 2.42 bits per heavy atom. The first-order valence-electron chi connectivity index (χ1n) is 4.20. The van der Waals surface area contributed by atoms with Crippen molar-refractivity contribution in [3.05, 3.63) is 0 Å². The van der Waals surface area contributed by atoms with Crippen LogP contribution in [-0.4, -0.2) is 35.0 Å². The summed E-state index contributed by atoms with van der Waals surface area (Å²) in [6.07, 6.45) is -0.642. The number of rotatable bonds is 2. The monoisotopic (exact) mass is 172 g/mol. The highest BCUT2D eigenvalue weighted by Gasteiger charge is 2.75. The minimum absolute atomic E-state index is 0.210. The summed E-state index contributed by atoms with van der Waals surface area (Å²) in [5.74, 6) is -0.408. The summed E-state index contributed by atoms with van der Waals surface area (Å²) < 4.78 is 10.1. The summed E-state index contributed by atoms with van der Waals surface area (Å²) in [6, 6.07) is 0. The number of epoxide rings is 1. The van der Waals surface area contributed by atoms with Crippen molar-refractivity contribution in [3.63, 3.8) is 0 Å². The molecule has 0 aromatic carbocycles. The molecule has 0 spiro atoms. The summed E-state index contributed by atoms with van der Waals surface area (Å²) in [6.45, 7) is 3.59. The topological polar surface area (TPSA) is 59.1 Å². The summed E-state index contributed by atoms with van der Waals surface area (Å²) in [5.41, 5.74) is -1.01. The molecule has 0 amide bonds. The van der Waals surface area contributed by atoms with Crippen molar-refractivity contribution >= 4 is 5.97 Å². The second-order valence-electron chi connectivity index (χ2n) is 3.37. The molecule has 68 valence electrons. The number of cyclic esters (lactones) is 1. The molecule has 2 heterocycles. The molecule has 12 heavy (non-hydrogen) atoms. The lowest BCUT2D eigenvalue weighted by molar-refractivity contribution is -0.157. The number of carbonyl (C=O) groups is 1. The van der Waals surface area contributed by atoms with Crippen LogP contribution in [0.5, 0.6) is 0 Å². The van der Waals surface area contributed by atoms with Crippen LogP contribution in [0.2, 0.25) is 0 Å². The number of fused-ring (bicyclic) bond motifs is 1. The molecule has 1 N–H and O–H groups in total. The highest BCUT2D eigenvalue weighted by molar-refractivity contribution is 5.87. The number of hydrogen-bond acceptors (Lipinski definition) is 4. The van der Waals surface area contributed by atoms with Gasteiger partial charge in [-0.25, -0.2) is 4.79 Å². The molecule has 2 aliphatic heterocycles. The molecule has 0 bridgehead atoms. The van der Waals surface area contributed by atoms with Crippen LogP contribution in [0.15, 0.2) is 0 Å². The third kappa shape index (κ3) is 0.716. The molecule has 2 aliphatic rings. The second-order valence-corrected chi connectivity index (χ2v) is 3.37. The molecular weight excluding hydrogens is 160 g/mol. The Balaban J connectivity index is 2.20. The lowest BCUT2D eigenvalue weighted by Gasteiger charge is -2.12. The standard InChI is InChI=1S/C8H12O4/c1-3-5(9)8-6(12-8)4(2)11-7(8)10/h4-6,9H,3H2,1-2H3/t4-,5?,6-,8-/m1/s1. The van der Waals surface area contributed by atoms with Crippen LogP contribution < -0.4 is 0 Å². The van der Waals surface area contributed by atoms with E-state index < -0.39 is 17.7 Å². The molecule has 4 heteroatoms. The van der Waals surface area contributed by atoms with E-state index in [1.54, 1.807) is 6.92 Å². The lowest BCUT2D eigenvalue weighted by Crippen LogP contribution is -2.36. The van der Waals surface area contributed by atoms with Crippen molar-refractivity contribution < 1.29 is 19.4 Å². The van der Waals surface area contributed by atoms with Gasteiger partial charge in [0.2, 0.25) is 5.60 Å². The maximum Gasteiger partial charge on any atom is 0.344 e. The van der Waals surface area contributed by atoms with E-state index in [1.807, 2.05) is 6.92 Å². The third-order valence-electron chi connectivity index (χ3n) is 2.61. The van der Waals surface area contributed by atoms with E-state index in [4.69, 9.17) is 9.47 Å². The second kappa shape index (κ2) is 2.20. The van der Waals surface area contributed by atoms with E-state index in [2.05, 4.69) is 0 Å². The van der Waals surface area contributed by atoms with Crippen LogP contribution in [0.25, 0.3) is 0 Å². The fourth-order valence-corrected chi connectivity index (χ4v) is 1.82. The van der Waals surface area contributed by atoms with E-state index in [0.29, 0.717) is 6.42 Å². The van der Waals surface area contributed by atoms with Gasteiger partial charge >= 0.3 is 5.97 Å². The van der Waals surface area contributed by atoms with Gasteiger partial charge in [0.05, 0.1) is 6.10 Å². The quantitative estimate of drug-likeness (QED) is 0.464. The van der Waals surface area contributed by atoms with Gasteiger partial charge in [-0.2, -0.15) is 0 Å². The number of carbonyl (C=O) groups excluding carboxylic acids is 1. The van der Waals surface area contributed by atoms with E-state index in [0.717, 1.165) is 0 Å². The smallest absolute Gasteiger partial charge is 0.344 e. The first-order chi connectivity index (χ1) is 5.63. The molecule has 0 aromatic heterocycles. The van der Waals surface area contributed by atoms with E-state index in [9.17, 15) is 9.90 Å². The fraction of sp³-hybridized carbons (Fsp3) is 0.875. The summed E-state index contributed by atoms with van der Waals surface area (Å²) >= 11 is 0. The Bertz CT molecular complexity index is 223. The Hall–Kier alpha value is -0.610. The van der Waals surface area contributed by atoms with Crippen LogP contribution in [0, 0.1) is 0 Å². The Labute approximate surface area is 70.5 Å². The number of hydrogen-bond donors (Lipinski definition) is 1. The average molecular weight is 172 g/mol. The predicted molar refractivity (Wildman–Crippen MR) is 39.5 cm³/mol. The molecule has 1 unspecified atom stereocenters. The molecule has 2 saturated heterocycles. The minimum atomic E-state index is -1.01. The zero-order chi connectivity index (χ0) is 8.93. The Morgan fingerprint density at radius 3 is 2.75 bits per heavy atom. The zero-order valence-corrected chi connectivity index (χ0v) is 7.11. The van der Waals surface area contributed by atoms with Crippen molar-refractivity contribution in [3.8, 4) is 0 Å². The number of ether oxygens (including phenoxy) is 2. The van der Waals surface area contributed by atoms with Crippen molar-refractivity contribution in [1.29, 1.82) is 0 Å². The van der Waals surface area contributed by atoms with Crippen molar-refractivity contribution in [1.82, 2.24) is 0 Å². The van der Waals surface area contributed by atoms with Crippen LogP contribution in [0.1, 0.15) is 20.3 Å². The summed E-state index contributed by atoms with van der Waals surface area (Å²) in [4.78, 5) is 11.2. The molecule has 0 aromatic rings. The number of esters is 1. The Kier molecular flexibility index (Phi) is 1.47. The first-order valence-corrected chi connectivity index (χ1v) is 4.20. The molecule has 0 saturated carbocycles. The van der Waals surface area contributed by atoms with Gasteiger partial charge in [0.1, 0.15) is 12.2 Å². The highest BCUT2D eigenvalue weighted by atomic mass is 16.7. The van der Waals surface area contributed by atoms with Gasteiger partial charge in [0, 0.05) is 0 Å². The predicted octanol–water partition coefficient (Wildman–Crippen LogP) is -0.160. The maximum atomic E-state index is 11.2. The molecule has 0 aliphatic carbocycles. The van der Waals surface area contributed by atoms with Crippen molar-refractivity contribution in [2.75, 3.05) is 0 Å². The molecule has 4 atom stereocenters. The van der Waals surface area contributed by atoms with Crippen molar-refractivity contribution in [2.45, 2.75) is 44.2 Å². The van der Waals surface area contributed by atoms with Crippen LogP contribution in [0.3, 0.4) is 0 Å². The van der Waals surface area contributed by atoms with Crippen LogP contribution >= 0.6 is 0 Å². The summed E-state index contributed by atoms with van der Waals surface area (Å²) in [7, 11) is 0. The zero-order valence-electron chi connectivity index (χ0n) is 7.11. The molecule has 2 fully saturated rings. The van der Waals surface area contributed by atoms with E-state index in [1.165, 1.54) is 0 Å². The third-order valence-corrected chi connectivity index (χ3v) is 2.61. The van der Waals surface area contributed by atoms with E-state index >= 15 is 0 Å². The maximum absolute atomic E-state index is 11.2. The Morgan fingerprint density at radius 1 is 1.75 bits per heavy atom. The SMILES string of the molecule is CCC(O)[C@@]12O[C@@H]1[C@@H](C)OC2=O. The number of aliphatic hydroxyl groups excluding tert-OH is 1. The fourth-order valence-electron chi connectivity index (χ4n) is 1.82. The van der Waals surface area contributed by atoms with Gasteiger partial charge < -0.3 is 14.6 Å². The van der Waals surface area contributed by atoms with Gasteiger partial charge in [0.15, 0.2) is 0 Å². The molecular formula is C8H12O4. The molecule has 4 nitrogen and oxygen atoms in total. The van der Waals surface area contributed by atoms with Gasteiger partial charge in [0.25, 0.3) is 0 Å². The van der Waals surface area contributed by atoms with Crippen LogP contribution in [-0.2, 0) is 14.3 Å². The largest absolute Gasteiger partial charge is 0.457 e. The summed E-state index contributed by atoms with van der Waals surface area (Å²) in [5, 5.41) is 9.52. The number of aliphatic hydroxyl groups is 1. The average Bonchev–Trinajstić information content (AvgIpc) is 2.73. The highest BCUT2D eigenvalue weighted by Crippen LogP contribution is 2.49. The molecule has 0 radical (unpaired) electrons. The normalized spacial score (nSPS) is 46.8. The van der Waals surface area contributed by atoms with Gasteiger partial charge in [-0.1, -0.05) is 6.92 Å². The minimum Gasteiger partial charge on any atom is -0.457 e. The van der Waals surface area contributed by atoms with Crippen LogP contribution in [0.4, 0.5) is 0 Å².